The molecule has 1 aromatic heterocycles. The Balaban J connectivity index is 1.67. The van der Waals surface area contributed by atoms with Gasteiger partial charge < -0.3 is 10.6 Å². The molecule has 0 radical (unpaired) electrons. The first-order valence-electron chi connectivity index (χ1n) is 8.07. The second kappa shape index (κ2) is 8.42. The molecule has 0 spiro atoms. The first-order valence-corrected chi connectivity index (χ1v) is 8.45. The van der Waals surface area contributed by atoms with E-state index >= 15 is 0 Å². The fraction of sp³-hybridized carbons (Fsp3) is 0.0500. The number of para-hydroxylation sites is 1. The van der Waals surface area contributed by atoms with Crippen LogP contribution in [0.5, 0.6) is 0 Å². The molecular weight excluding hydrogens is 369 g/mol. The topological polar surface area (TPSA) is 71.1 Å². The zero-order valence-electron chi connectivity index (χ0n) is 14.1. The van der Waals surface area contributed by atoms with Crippen LogP contribution in [0.3, 0.4) is 0 Å². The van der Waals surface area contributed by atoms with Gasteiger partial charge in [0.25, 0.3) is 11.8 Å². The summed E-state index contributed by atoms with van der Waals surface area (Å²) in [7, 11) is 0. The second-order valence-corrected chi connectivity index (χ2v) is 6.11. The molecule has 2 N–H and O–H groups in total. The number of carbonyl (C=O) groups is 2. The lowest BCUT2D eigenvalue weighted by molar-refractivity contribution is 0.0946. The molecule has 5 nitrogen and oxygen atoms in total. The van der Waals surface area contributed by atoms with Crippen LogP contribution in [-0.4, -0.2) is 16.8 Å². The fourth-order valence-corrected chi connectivity index (χ4v) is 2.45. The van der Waals surface area contributed by atoms with E-state index in [2.05, 4.69) is 15.6 Å². The molecule has 1 heterocycles. The lowest BCUT2D eigenvalue weighted by Crippen LogP contribution is -2.24. The van der Waals surface area contributed by atoms with Crippen LogP contribution >= 0.6 is 11.6 Å². The Bertz CT molecular complexity index is 977. The van der Waals surface area contributed by atoms with Crippen molar-refractivity contribution >= 4 is 29.1 Å². The minimum Gasteiger partial charge on any atom is -0.347 e. The van der Waals surface area contributed by atoms with Crippen molar-refractivity contribution in [3.63, 3.8) is 0 Å². The van der Waals surface area contributed by atoms with Gasteiger partial charge in [-0.3, -0.25) is 14.6 Å². The van der Waals surface area contributed by atoms with E-state index in [1.165, 1.54) is 36.5 Å². The lowest BCUT2D eigenvalue weighted by atomic mass is 10.2. The Kier molecular flexibility index (Phi) is 5.78. The van der Waals surface area contributed by atoms with Crippen molar-refractivity contribution < 1.29 is 14.0 Å². The molecule has 0 aliphatic heterocycles. The Morgan fingerprint density at radius 3 is 2.48 bits per heavy atom. The van der Waals surface area contributed by atoms with E-state index in [1.54, 1.807) is 30.3 Å². The predicted molar refractivity (Wildman–Crippen MR) is 101 cm³/mol. The third-order valence-electron chi connectivity index (χ3n) is 3.74. The summed E-state index contributed by atoms with van der Waals surface area (Å²) in [5.41, 5.74) is 1.23. The Hall–Kier alpha value is -3.25. The van der Waals surface area contributed by atoms with Gasteiger partial charge in [0.05, 0.1) is 5.69 Å². The molecule has 0 aliphatic rings. The molecule has 0 aliphatic carbocycles. The maximum absolute atomic E-state index is 13.7. The third kappa shape index (κ3) is 4.89. The average Bonchev–Trinajstić information content (AvgIpc) is 2.69. The summed E-state index contributed by atoms with van der Waals surface area (Å²) >= 11 is 5.83. The highest BCUT2D eigenvalue weighted by Crippen LogP contribution is 2.14. The van der Waals surface area contributed by atoms with E-state index in [1.807, 2.05) is 0 Å². The van der Waals surface area contributed by atoms with Gasteiger partial charge in [0.2, 0.25) is 0 Å². The van der Waals surface area contributed by atoms with Gasteiger partial charge in [0.1, 0.15) is 11.5 Å². The molecule has 0 unspecified atom stereocenters. The highest BCUT2D eigenvalue weighted by atomic mass is 35.5. The largest absolute Gasteiger partial charge is 0.347 e. The number of hydrogen-bond acceptors (Lipinski definition) is 3. The smallest absolute Gasteiger partial charge is 0.270 e. The van der Waals surface area contributed by atoms with Crippen LogP contribution in [-0.2, 0) is 6.54 Å². The SMILES string of the molecule is O=C(Nc1ccccc1F)c1ccnc(C(=O)NCc2ccc(Cl)cc2)c1. The van der Waals surface area contributed by atoms with Gasteiger partial charge in [-0.2, -0.15) is 0 Å². The zero-order valence-corrected chi connectivity index (χ0v) is 14.8. The van der Waals surface area contributed by atoms with Crippen molar-refractivity contribution in [3.05, 3.63) is 94.5 Å². The van der Waals surface area contributed by atoms with Crippen molar-refractivity contribution in [1.82, 2.24) is 10.3 Å². The van der Waals surface area contributed by atoms with Crippen LogP contribution in [0.4, 0.5) is 10.1 Å². The summed E-state index contributed by atoms with van der Waals surface area (Å²) in [6.07, 6.45) is 1.35. The fourth-order valence-electron chi connectivity index (χ4n) is 2.33. The van der Waals surface area contributed by atoms with Crippen molar-refractivity contribution in [2.45, 2.75) is 6.54 Å². The molecule has 0 bridgehead atoms. The maximum atomic E-state index is 13.7. The molecule has 7 heteroatoms. The summed E-state index contributed by atoms with van der Waals surface area (Å²) < 4.78 is 13.7. The number of pyridine rings is 1. The molecule has 2 aromatic carbocycles. The number of benzene rings is 2. The average molecular weight is 384 g/mol. The minimum absolute atomic E-state index is 0.0630. The standard InChI is InChI=1S/C20H15ClFN3O2/c21-15-7-5-13(6-8-15)12-24-20(27)18-11-14(9-10-23-18)19(26)25-17-4-2-1-3-16(17)22/h1-11H,12H2,(H,24,27)(H,25,26). The summed E-state index contributed by atoms with van der Waals surface area (Å²) in [5.74, 6) is -1.50. The highest BCUT2D eigenvalue weighted by Gasteiger charge is 2.13. The molecule has 136 valence electrons. The van der Waals surface area contributed by atoms with Crippen LogP contribution in [0.2, 0.25) is 5.02 Å². The second-order valence-electron chi connectivity index (χ2n) is 5.67. The number of nitrogens with zero attached hydrogens (tertiary/aromatic N) is 1. The van der Waals surface area contributed by atoms with E-state index in [9.17, 15) is 14.0 Å². The van der Waals surface area contributed by atoms with E-state index in [0.29, 0.717) is 11.6 Å². The Morgan fingerprint density at radius 2 is 1.74 bits per heavy atom. The zero-order chi connectivity index (χ0) is 19.2. The van der Waals surface area contributed by atoms with Crippen molar-refractivity contribution in [2.75, 3.05) is 5.32 Å². The summed E-state index contributed by atoms with van der Waals surface area (Å²) in [6.45, 7) is 0.295. The van der Waals surface area contributed by atoms with Gasteiger partial charge in [0.15, 0.2) is 0 Å². The van der Waals surface area contributed by atoms with Gasteiger partial charge in [0, 0.05) is 23.3 Å². The highest BCUT2D eigenvalue weighted by molar-refractivity contribution is 6.30. The monoisotopic (exact) mass is 383 g/mol. The predicted octanol–water partition coefficient (Wildman–Crippen LogP) is 4.06. The first-order chi connectivity index (χ1) is 13.0. The third-order valence-corrected chi connectivity index (χ3v) is 4.00. The minimum atomic E-state index is -0.541. The number of nitrogens with one attached hydrogen (secondary N) is 2. The number of carbonyl (C=O) groups excluding carboxylic acids is 2. The van der Waals surface area contributed by atoms with Crippen LogP contribution in [0.25, 0.3) is 0 Å². The summed E-state index contributed by atoms with van der Waals surface area (Å²) in [4.78, 5) is 28.6. The molecule has 0 fully saturated rings. The Morgan fingerprint density at radius 1 is 1.00 bits per heavy atom. The quantitative estimate of drug-likeness (QED) is 0.698. The molecule has 0 saturated carbocycles. The summed E-state index contributed by atoms with van der Waals surface area (Å²) in [6, 6.07) is 15.7. The number of amides is 2. The Labute approximate surface area is 160 Å². The number of anilines is 1. The summed E-state index contributed by atoms with van der Waals surface area (Å²) in [5, 5.41) is 5.80. The lowest BCUT2D eigenvalue weighted by Gasteiger charge is -2.08. The van der Waals surface area contributed by atoms with Crippen molar-refractivity contribution in [1.29, 1.82) is 0 Å². The number of aromatic nitrogens is 1. The van der Waals surface area contributed by atoms with E-state index in [4.69, 9.17) is 11.6 Å². The van der Waals surface area contributed by atoms with Gasteiger partial charge in [-0.25, -0.2) is 4.39 Å². The molecule has 3 rings (SSSR count). The molecular formula is C20H15ClFN3O2. The molecule has 3 aromatic rings. The van der Waals surface area contributed by atoms with Crippen LogP contribution in [0, 0.1) is 5.82 Å². The van der Waals surface area contributed by atoms with E-state index < -0.39 is 17.6 Å². The number of halogens is 2. The normalized spacial score (nSPS) is 10.3. The first kappa shape index (κ1) is 18.5. The van der Waals surface area contributed by atoms with Crippen LogP contribution in [0.1, 0.15) is 26.4 Å². The van der Waals surface area contributed by atoms with Crippen molar-refractivity contribution in [2.24, 2.45) is 0 Å². The van der Waals surface area contributed by atoms with Crippen LogP contribution in [0.15, 0.2) is 66.9 Å². The number of rotatable bonds is 5. The van der Waals surface area contributed by atoms with Gasteiger partial charge in [-0.1, -0.05) is 35.9 Å². The van der Waals surface area contributed by atoms with Gasteiger partial charge >= 0.3 is 0 Å². The molecule has 2 amide bonds. The van der Waals surface area contributed by atoms with E-state index in [0.717, 1.165) is 5.56 Å². The van der Waals surface area contributed by atoms with Gasteiger partial charge in [-0.15, -0.1) is 0 Å². The van der Waals surface area contributed by atoms with E-state index in [-0.39, 0.29) is 16.9 Å². The van der Waals surface area contributed by atoms with Crippen molar-refractivity contribution in [3.8, 4) is 0 Å². The number of hydrogen-bond donors (Lipinski definition) is 2. The van der Waals surface area contributed by atoms with Gasteiger partial charge in [-0.05, 0) is 42.0 Å². The van der Waals surface area contributed by atoms with Crippen LogP contribution < -0.4 is 10.6 Å². The maximum Gasteiger partial charge on any atom is 0.270 e. The molecule has 27 heavy (non-hydrogen) atoms. The molecule has 0 saturated heterocycles. The molecule has 0 atom stereocenters.